The zero-order valence-electron chi connectivity index (χ0n) is 14.8. The molecule has 3 aromatic rings. The van der Waals surface area contributed by atoms with Crippen LogP contribution in [0.5, 0.6) is 5.75 Å². The van der Waals surface area contributed by atoms with Gasteiger partial charge in [-0.2, -0.15) is 0 Å². The van der Waals surface area contributed by atoms with E-state index in [1.165, 1.54) is 5.56 Å². The van der Waals surface area contributed by atoms with Crippen LogP contribution in [-0.4, -0.2) is 16.2 Å². The number of rotatable bonds is 7. The molecule has 0 spiro atoms. The fourth-order valence-corrected chi connectivity index (χ4v) is 2.82. The molecule has 0 fully saturated rings. The van der Waals surface area contributed by atoms with Crippen LogP contribution in [0.1, 0.15) is 38.2 Å². The maximum atomic E-state index is 12.4. The fraction of sp³-hybridized carbons (Fsp3) is 0.333. The molecule has 0 bridgehead atoms. The van der Waals surface area contributed by atoms with E-state index in [0.717, 1.165) is 24.1 Å². The van der Waals surface area contributed by atoms with E-state index in [4.69, 9.17) is 4.74 Å². The highest BCUT2D eigenvalue weighted by molar-refractivity contribution is 5.76. The molecule has 3 rings (SSSR count). The molecule has 0 unspecified atom stereocenters. The molecule has 0 saturated carbocycles. The van der Waals surface area contributed by atoms with Crippen LogP contribution in [0.3, 0.4) is 0 Å². The average Bonchev–Trinajstić information content (AvgIpc) is 2.67. The van der Waals surface area contributed by atoms with E-state index in [0.29, 0.717) is 24.5 Å². The van der Waals surface area contributed by atoms with Crippen LogP contribution in [0.4, 0.5) is 0 Å². The second-order valence-corrected chi connectivity index (χ2v) is 6.34. The first-order valence-corrected chi connectivity index (χ1v) is 8.86. The lowest BCUT2D eigenvalue weighted by Gasteiger charge is -2.11. The Morgan fingerprint density at radius 1 is 1.12 bits per heavy atom. The highest BCUT2D eigenvalue weighted by Crippen LogP contribution is 2.21. The van der Waals surface area contributed by atoms with Gasteiger partial charge >= 0.3 is 0 Å². The summed E-state index contributed by atoms with van der Waals surface area (Å²) in [4.78, 5) is 16.7. The Labute approximate surface area is 148 Å². The number of ether oxygens (including phenoxy) is 1. The zero-order chi connectivity index (χ0) is 17.6. The van der Waals surface area contributed by atoms with Crippen molar-refractivity contribution in [3.8, 4) is 5.75 Å². The molecule has 25 heavy (non-hydrogen) atoms. The Kier molecular flexibility index (Phi) is 5.49. The molecule has 0 radical (unpaired) electrons. The second-order valence-electron chi connectivity index (χ2n) is 6.34. The van der Waals surface area contributed by atoms with Crippen molar-refractivity contribution in [1.29, 1.82) is 0 Å². The van der Waals surface area contributed by atoms with Crippen LogP contribution in [0.2, 0.25) is 0 Å². The van der Waals surface area contributed by atoms with Crippen LogP contribution in [0, 0.1) is 0 Å². The number of aryl methyl sites for hydroxylation is 1. The van der Waals surface area contributed by atoms with Gasteiger partial charge in [0.1, 0.15) is 5.75 Å². The molecule has 4 nitrogen and oxygen atoms in total. The average molecular weight is 336 g/mol. The van der Waals surface area contributed by atoms with Crippen LogP contribution >= 0.6 is 0 Å². The highest BCUT2D eigenvalue weighted by atomic mass is 16.5. The third-order valence-electron chi connectivity index (χ3n) is 4.61. The minimum Gasteiger partial charge on any atom is -0.494 e. The molecule has 0 amide bonds. The van der Waals surface area contributed by atoms with Crippen LogP contribution in [-0.2, 0) is 6.54 Å². The Hall–Kier alpha value is -2.62. The molecule has 1 atom stereocenters. The minimum atomic E-state index is 0.00325. The predicted octanol–water partition coefficient (Wildman–Crippen LogP) is 4.38. The maximum Gasteiger partial charge on any atom is 0.261 e. The smallest absolute Gasteiger partial charge is 0.261 e. The minimum absolute atomic E-state index is 0.00325. The van der Waals surface area contributed by atoms with E-state index in [9.17, 15) is 4.79 Å². The molecule has 1 heterocycles. The second kappa shape index (κ2) is 7.97. The van der Waals surface area contributed by atoms with Crippen molar-refractivity contribution in [3.63, 3.8) is 0 Å². The first-order chi connectivity index (χ1) is 12.2. The first-order valence-electron chi connectivity index (χ1n) is 8.86. The standard InChI is InChI=1S/C21H24N2O2/c1-3-16(2)17-9-11-18(12-10-17)25-14-6-13-23-15-22-20-8-5-4-7-19(20)21(23)24/h4-5,7-12,15-16H,3,6,13-14H2,1-2H3/t16-/m1/s1. The molecular formula is C21H24N2O2. The normalized spacial score (nSPS) is 12.2. The van der Waals surface area contributed by atoms with Gasteiger partial charge in [-0.25, -0.2) is 4.98 Å². The van der Waals surface area contributed by atoms with Gasteiger partial charge in [0.15, 0.2) is 0 Å². The lowest BCUT2D eigenvalue weighted by molar-refractivity contribution is 0.300. The number of hydrogen-bond donors (Lipinski definition) is 0. The largest absolute Gasteiger partial charge is 0.494 e. The Morgan fingerprint density at radius 2 is 1.88 bits per heavy atom. The summed E-state index contributed by atoms with van der Waals surface area (Å²) in [7, 11) is 0. The van der Waals surface area contributed by atoms with Crippen LogP contribution in [0.25, 0.3) is 10.9 Å². The molecule has 2 aromatic carbocycles. The van der Waals surface area contributed by atoms with Crippen molar-refractivity contribution >= 4 is 10.9 Å². The zero-order valence-corrected chi connectivity index (χ0v) is 14.8. The first kappa shape index (κ1) is 17.2. The van der Waals surface area contributed by atoms with Gasteiger partial charge in [0, 0.05) is 6.54 Å². The molecule has 0 saturated heterocycles. The van der Waals surface area contributed by atoms with Gasteiger partial charge in [-0.05, 0) is 48.6 Å². The molecule has 0 aliphatic heterocycles. The molecule has 0 N–H and O–H groups in total. The van der Waals surface area contributed by atoms with Crippen LogP contribution < -0.4 is 10.3 Å². The Bertz CT molecular complexity index is 884. The van der Waals surface area contributed by atoms with Crippen molar-refractivity contribution in [3.05, 3.63) is 70.8 Å². The summed E-state index contributed by atoms with van der Waals surface area (Å²) in [6, 6.07) is 15.7. The number of fused-ring (bicyclic) bond motifs is 1. The molecule has 1 aromatic heterocycles. The van der Waals surface area contributed by atoms with Gasteiger partial charge in [-0.15, -0.1) is 0 Å². The van der Waals surface area contributed by atoms with E-state index in [1.807, 2.05) is 36.4 Å². The summed E-state index contributed by atoms with van der Waals surface area (Å²) in [5.41, 5.74) is 2.08. The topological polar surface area (TPSA) is 44.1 Å². The predicted molar refractivity (Wildman–Crippen MR) is 101 cm³/mol. The van der Waals surface area contributed by atoms with Crippen molar-refractivity contribution in [2.24, 2.45) is 0 Å². The van der Waals surface area contributed by atoms with E-state index in [-0.39, 0.29) is 5.56 Å². The van der Waals surface area contributed by atoms with Gasteiger partial charge < -0.3 is 4.74 Å². The number of aromatic nitrogens is 2. The SMILES string of the molecule is CC[C@@H](C)c1ccc(OCCCn2cnc3ccccc3c2=O)cc1. The van der Waals surface area contributed by atoms with E-state index in [1.54, 1.807) is 10.9 Å². The van der Waals surface area contributed by atoms with Crippen molar-refractivity contribution in [2.75, 3.05) is 6.61 Å². The number of nitrogens with zero attached hydrogens (tertiary/aromatic N) is 2. The van der Waals surface area contributed by atoms with Gasteiger partial charge in [0.25, 0.3) is 5.56 Å². The third kappa shape index (κ3) is 4.08. The lowest BCUT2D eigenvalue weighted by Crippen LogP contribution is -2.21. The van der Waals surface area contributed by atoms with E-state index in [2.05, 4.69) is 31.0 Å². The third-order valence-corrected chi connectivity index (χ3v) is 4.61. The summed E-state index contributed by atoms with van der Waals surface area (Å²) in [6.07, 6.45) is 3.51. The molecule has 130 valence electrons. The summed E-state index contributed by atoms with van der Waals surface area (Å²) in [6.45, 7) is 5.59. The number of hydrogen-bond acceptors (Lipinski definition) is 3. The van der Waals surface area contributed by atoms with E-state index < -0.39 is 0 Å². The maximum absolute atomic E-state index is 12.4. The van der Waals surface area contributed by atoms with Gasteiger partial charge in [0.2, 0.25) is 0 Å². The number of benzene rings is 2. The molecule has 4 heteroatoms. The highest BCUT2D eigenvalue weighted by Gasteiger charge is 2.04. The van der Waals surface area contributed by atoms with Crippen molar-refractivity contribution in [1.82, 2.24) is 9.55 Å². The summed E-state index contributed by atoms with van der Waals surface area (Å²) < 4.78 is 7.44. The summed E-state index contributed by atoms with van der Waals surface area (Å²) in [5.74, 6) is 1.44. The number of para-hydroxylation sites is 1. The Balaban J connectivity index is 1.55. The van der Waals surface area contributed by atoms with Crippen molar-refractivity contribution in [2.45, 2.75) is 39.2 Å². The fourth-order valence-electron chi connectivity index (χ4n) is 2.82. The van der Waals surface area contributed by atoms with Gasteiger partial charge in [-0.3, -0.25) is 9.36 Å². The van der Waals surface area contributed by atoms with Gasteiger partial charge in [0.05, 0.1) is 23.8 Å². The summed E-state index contributed by atoms with van der Waals surface area (Å²) >= 11 is 0. The quantitative estimate of drug-likeness (QED) is 0.601. The van der Waals surface area contributed by atoms with Crippen LogP contribution in [0.15, 0.2) is 59.7 Å². The molecular weight excluding hydrogens is 312 g/mol. The monoisotopic (exact) mass is 336 g/mol. The van der Waals surface area contributed by atoms with E-state index >= 15 is 0 Å². The molecule has 0 aliphatic carbocycles. The summed E-state index contributed by atoms with van der Waals surface area (Å²) in [5, 5.41) is 0.659. The molecule has 0 aliphatic rings. The lowest BCUT2D eigenvalue weighted by atomic mass is 9.99. The van der Waals surface area contributed by atoms with Crippen molar-refractivity contribution < 1.29 is 4.74 Å². The Morgan fingerprint density at radius 3 is 2.64 bits per heavy atom. The van der Waals surface area contributed by atoms with Gasteiger partial charge in [-0.1, -0.05) is 38.1 Å².